The first-order valence-corrected chi connectivity index (χ1v) is 7.41. The van der Waals surface area contributed by atoms with E-state index in [1.165, 1.54) is 6.20 Å². The van der Waals surface area contributed by atoms with Crippen LogP contribution in [-0.2, 0) is 9.84 Å². The minimum atomic E-state index is -2.95. The van der Waals surface area contributed by atoms with Gasteiger partial charge in [-0.15, -0.1) is 0 Å². The van der Waals surface area contributed by atoms with Gasteiger partial charge in [-0.2, -0.15) is 4.98 Å². The molecule has 8 heteroatoms. The molecule has 1 saturated heterocycles. The Bertz CT molecular complexity index is 520. The van der Waals surface area contributed by atoms with Gasteiger partial charge in [0.1, 0.15) is 0 Å². The predicted molar refractivity (Wildman–Crippen MR) is 66.8 cm³/mol. The monoisotopic (exact) mass is 276 g/mol. The first-order valence-electron chi connectivity index (χ1n) is 5.21. The number of nitrogen functional groups attached to an aromatic ring is 1. The standard InChI is InChI=1S/C9H13ClN4O2S/c10-9-12-4-7(11)8(14-9)13-6-2-1-3-17(15,16)5-6/h4,6H,1-3,5,11H2,(H,12,13,14). The van der Waals surface area contributed by atoms with E-state index < -0.39 is 9.84 Å². The van der Waals surface area contributed by atoms with E-state index in [1.54, 1.807) is 0 Å². The third-order valence-electron chi connectivity index (χ3n) is 2.59. The summed E-state index contributed by atoms with van der Waals surface area (Å²) in [5.41, 5.74) is 6.04. The maximum Gasteiger partial charge on any atom is 0.224 e. The van der Waals surface area contributed by atoms with Crippen LogP contribution in [0, 0.1) is 0 Å². The number of anilines is 2. The number of nitrogens with two attached hydrogens (primary N) is 1. The van der Waals surface area contributed by atoms with E-state index in [0.29, 0.717) is 17.9 Å². The van der Waals surface area contributed by atoms with E-state index in [2.05, 4.69) is 15.3 Å². The number of aromatic nitrogens is 2. The molecule has 17 heavy (non-hydrogen) atoms. The molecule has 0 saturated carbocycles. The molecule has 3 N–H and O–H groups in total. The lowest BCUT2D eigenvalue weighted by Crippen LogP contribution is -2.35. The molecular weight excluding hydrogens is 264 g/mol. The number of nitrogens with one attached hydrogen (secondary N) is 1. The molecule has 1 aromatic heterocycles. The molecule has 1 aliphatic rings. The van der Waals surface area contributed by atoms with Crippen molar-refractivity contribution in [2.75, 3.05) is 22.6 Å². The lowest BCUT2D eigenvalue weighted by molar-refractivity contribution is 0.561. The molecule has 0 radical (unpaired) electrons. The summed E-state index contributed by atoms with van der Waals surface area (Å²) in [5, 5.41) is 3.09. The zero-order valence-electron chi connectivity index (χ0n) is 9.06. The van der Waals surface area contributed by atoms with Crippen LogP contribution in [0.25, 0.3) is 0 Å². The third-order valence-corrected chi connectivity index (χ3v) is 4.59. The summed E-state index contributed by atoms with van der Waals surface area (Å²) in [4.78, 5) is 7.67. The Balaban J connectivity index is 2.13. The van der Waals surface area contributed by atoms with Gasteiger partial charge in [0.15, 0.2) is 15.7 Å². The Labute approximate surface area is 105 Å². The summed E-state index contributed by atoms with van der Waals surface area (Å²) in [6.07, 6.45) is 2.83. The quantitative estimate of drug-likeness (QED) is 0.772. The number of hydrogen-bond acceptors (Lipinski definition) is 6. The van der Waals surface area contributed by atoms with E-state index in [9.17, 15) is 8.42 Å². The molecule has 1 aliphatic heterocycles. The molecule has 0 spiro atoms. The van der Waals surface area contributed by atoms with Gasteiger partial charge in [-0.1, -0.05) is 0 Å². The normalized spacial score (nSPS) is 23.2. The first-order chi connectivity index (χ1) is 7.96. The minimum absolute atomic E-state index is 0.0837. The van der Waals surface area contributed by atoms with Gasteiger partial charge < -0.3 is 11.1 Å². The van der Waals surface area contributed by atoms with Crippen molar-refractivity contribution < 1.29 is 8.42 Å². The lowest BCUT2D eigenvalue weighted by Gasteiger charge is -2.23. The van der Waals surface area contributed by atoms with E-state index in [4.69, 9.17) is 17.3 Å². The summed E-state index contributed by atoms with van der Waals surface area (Å²) in [5.74, 6) is 0.756. The van der Waals surface area contributed by atoms with Crippen LogP contribution in [0.2, 0.25) is 5.28 Å². The summed E-state index contributed by atoms with van der Waals surface area (Å²) in [7, 11) is -2.95. The van der Waals surface area contributed by atoms with Crippen molar-refractivity contribution in [2.24, 2.45) is 0 Å². The van der Waals surface area contributed by atoms with Gasteiger partial charge in [0, 0.05) is 6.04 Å². The van der Waals surface area contributed by atoms with Gasteiger partial charge in [-0.05, 0) is 24.4 Å². The molecule has 0 aromatic carbocycles. The van der Waals surface area contributed by atoms with Gasteiger partial charge >= 0.3 is 0 Å². The highest BCUT2D eigenvalue weighted by molar-refractivity contribution is 7.91. The number of sulfone groups is 1. The van der Waals surface area contributed by atoms with Crippen LogP contribution < -0.4 is 11.1 Å². The van der Waals surface area contributed by atoms with Crippen molar-refractivity contribution in [3.8, 4) is 0 Å². The van der Waals surface area contributed by atoms with Gasteiger partial charge in [0.25, 0.3) is 0 Å². The highest BCUT2D eigenvalue weighted by Gasteiger charge is 2.25. The maximum absolute atomic E-state index is 11.5. The van der Waals surface area contributed by atoms with Crippen LogP contribution in [0.3, 0.4) is 0 Å². The highest BCUT2D eigenvalue weighted by atomic mass is 35.5. The Hall–Kier alpha value is -1.08. The Kier molecular flexibility index (Phi) is 3.39. The van der Waals surface area contributed by atoms with Crippen molar-refractivity contribution in [1.29, 1.82) is 0 Å². The SMILES string of the molecule is Nc1cnc(Cl)nc1NC1CCCS(=O)(=O)C1. The Morgan fingerprint density at radius 1 is 1.53 bits per heavy atom. The van der Waals surface area contributed by atoms with Crippen LogP contribution in [0.4, 0.5) is 11.5 Å². The van der Waals surface area contributed by atoms with Gasteiger partial charge in [0.2, 0.25) is 5.28 Å². The van der Waals surface area contributed by atoms with Crippen LogP contribution in [0.5, 0.6) is 0 Å². The summed E-state index contributed by atoms with van der Waals surface area (Å²) in [6, 6.07) is -0.165. The largest absolute Gasteiger partial charge is 0.394 e. The molecule has 2 rings (SSSR count). The van der Waals surface area contributed by atoms with E-state index >= 15 is 0 Å². The fraction of sp³-hybridized carbons (Fsp3) is 0.556. The number of nitrogens with zero attached hydrogens (tertiary/aromatic N) is 2. The second-order valence-electron chi connectivity index (χ2n) is 4.04. The highest BCUT2D eigenvalue weighted by Crippen LogP contribution is 2.21. The Morgan fingerprint density at radius 3 is 3.00 bits per heavy atom. The number of rotatable bonds is 2. The molecule has 1 aromatic rings. The average Bonchev–Trinajstić information content (AvgIpc) is 2.22. The zero-order valence-corrected chi connectivity index (χ0v) is 10.6. The van der Waals surface area contributed by atoms with Crippen molar-refractivity contribution in [2.45, 2.75) is 18.9 Å². The molecule has 6 nitrogen and oxygen atoms in total. The molecular formula is C9H13ClN4O2S. The fourth-order valence-electron chi connectivity index (χ4n) is 1.82. The van der Waals surface area contributed by atoms with Crippen LogP contribution >= 0.6 is 11.6 Å². The third kappa shape index (κ3) is 3.19. The maximum atomic E-state index is 11.5. The molecule has 0 aliphatic carbocycles. The van der Waals surface area contributed by atoms with Crippen molar-refractivity contribution in [3.63, 3.8) is 0 Å². The van der Waals surface area contributed by atoms with Crippen LogP contribution in [0.15, 0.2) is 6.20 Å². The van der Waals surface area contributed by atoms with E-state index in [-0.39, 0.29) is 22.8 Å². The smallest absolute Gasteiger partial charge is 0.224 e. The van der Waals surface area contributed by atoms with Crippen LogP contribution in [0.1, 0.15) is 12.8 Å². The average molecular weight is 277 g/mol. The van der Waals surface area contributed by atoms with Crippen molar-refractivity contribution >= 4 is 32.9 Å². The molecule has 1 unspecified atom stereocenters. The topological polar surface area (TPSA) is 98.0 Å². The van der Waals surface area contributed by atoms with Crippen molar-refractivity contribution in [1.82, 2.24) is 9.97 Å². The second-order valence-corrected chi connectivity index (χ2v) is 6.61. The molecule has 94 valence electrons. The van der Waals surface area contributed by atoms with E-state index in [1.807, 2.05) is 0 Å². The van der Waals surface area contributed by atoms with Crippen LogP contribution in [-0.4, -0.2) is 35.9 Å². The first kappa shape index (κ1) is 12.4. The number of hydrogen-bond donors (Lipinski definition) is 2. The number of halogens is 1. The molecule has 1 atom stereocenters. The summed E-state index contributed by atoms with van der Waals surface area (Å²) >= 11 is 5.65. The summed E-state index contributed by atoms with van der Waals surface area (Å²) in [6.45, 7) is 0. The summed E-state index contributed by atoms with van der Waals surface area (Å²) < 4.78 is 22.9. The Morgan fingerprint density at radius 2 is 2.29 bits per heavy atom. The second kappa shape index (κ2) is 4.66. The predicted octanol–water partition coefficient (Wildman–Crippen LogP) is 0.701. The zero-order chi connectivity index (χ0) is 12.5. The molecule has 0 amide bonds. The van der Waals surface area contributed by atoms with Gasteiger partial charge in [-0.3, -0.25) is 0 Å². The minimum Gasteiger partial charge on any atom is -0.394 e. The fourth-order valence-corrected chi connectivity index (χ4v) is 3.58. The van der Waals surface area contributed by atoms with Gasteiger partial charge in [0.05, 0.1) is 23.4 Å². The van der Waals surface area contributed by atoms with E-state index in [0.717, 1.165) is 6.42 Å². The molecule has 2 heterocycles. The lowest BCUT2D eigenvalue weighted by atomic mass is 10.2. The van der Waals surface area contributed by atoms with Crippen molar-refractivity contribution in [3.05, 3.63) is 11.5 Å². The van der Waals surface area contributed by atoms with Gasteiger partial charge in [-0.25, -0.2) is 13.4 Å². The molecule has 1 fully saturated rings. The molecule has 0 bridgehead atoms.